The third kappa shape index (κ3) is 3.36. The first kappa shape index (κ1) is 17.4. The second kappa shape index (κ2) is 6.96. The Kier molecular flexibility index (Phi) is 4.49. The van der Waals surface area contributed by atoms with Gasteiger partial charge in [-0.3, -0.25) is 4.79 Å². The van der Waals surface area contributed by atoms with Crippen molar-refractivity contribution in [2.24, 2.45) is 0 Å². The van der Waals surface area contributed by atoms with Crippen LogP contribution >= 0.6 is 0 Å². The van der Waals surface area contributed by atoms with Crippen LogP contribution in [0.2, 0.25) is 0 Å². The molecule has 2 aliphatic heterocycles. The summed E-state index contributed by atoms with van der Waals surface area (Å²) in [5, 5.41) is 19.8. The fourth-order valence-electron chi connectivity index (χ4n) is 3.46. The fraction of sp³-hybridized carbons (Fsp3) is 0.286. The molecule has 140 valence electrons. The van der Waals surface area contributed by atoms with Crippen LogP contribution in [0.15, 0.2) is 65.8 Å². The summed E-state index contributed by atoms with van der Waals surface area (Å²) >= 11 is 0. The highest BCUT2D eigenvalue weighted by Crippen LogP contribution is 2.35. The summed E-state index contributed by atoms with van der Waals surface area (Å²) < 4.78 is 5.88. The minimum absolute atomic E-state index is 0.122. The molecule has 1 saturated heterocycles. The number of ether oxygens (including phenoxy) is 1. The van der Waals surface area contributed by atoms with Gasteiger partial charge in [0.15, 0.2) is 11.9 Å². The van der Waals surface area contributed by atoms with Gasteiger partial charge >= 0.3 is 0 Å². The van der Waals surface area contributed by atoms with E-state index in [1.54, 1.807) is 24.3 Å². The van der Waals surface area contributed by atoms with Crippen molar-refractivity contribution in [2.45, 2.75) is 6.10 Å². The molecule has 1 aromatic rings. The van der Waals surface area contributed by atoms with Gasteiger partial charge in [-0.15, -0.1) is 0 Å². The van der Waals surface area contributed by atoms with Gasteiger partial charge in [0.25, 0.3) is 0 Å². The van der Waals surface area contributed by atoms with Gasteiger partial charge in [0.05, 0.1) is 17.4 Å². The van der Waals surface area contributed by atoms with Gasteiger partial charge in [-0.25, -0.2) is 0 Å². The van der Waals surface area contributed by atoms with Crippen molar-refractivity contribution in [2.75, 3.05) is 33.2 Å². The van der Waals surface area contributed by atoms with Gasteiger partial charge in [-0.2, -0.15) is 0 Å². The Balaban J connectivity index is 1.63. The number of hydrogen-bond donors (Lipinski definition) is 2. The molecule has 0 saturated carbocycles. The molecule has 0 spiro atoms. The number of phenolic OH excluding ortho intramolecular Hbond substituents is 1. The zero-order valence-corrected chi connectivity index (χ0v) is 15.1. The van der Waals surface area contributed by atoms with Crippen LogP contribution in [0.4, 0.5) is 0 Å². The predicted octanol–water partition coefficient (Wildman–Crippen LogP) is 2.21. The highest BCUT2D eigenvalue weighted by molar-refractivity contribution is 6.29. The highest BCUT2D eigenvalue weighted by Gasteiger charge is 2.36. The smallest absolute Gasteiger partial charge is 0.196 e. The first-order chi connectivity index (χ1) is 13.0. The van der Waals surface area contributed by atoms with E-state index in [0.29, 0.717) is 22.3 Å². The number of hydrogen-bond acceptors (Lipinski definition) is 6. The molecule has 1 atom stereocenters. The van der Waals surface area contributed by atoms with Gasteiger partial charge in [0, 0.05) is 38.0 Å². The Morgan fingerprint density at radius 2 is 1.78 bits per heavy atom. The maximum atomic E-state index is 13.0. The van der Waals surface area contributed by atoms with Gasteiger partial charge in [-0.1, -0.05) is 12.1 Å². The number of benzene rings is 1. The molecular formula is C21H22N2O4. The third-order valence-corrected chi connectivity index (χ3v) is 5.15. The van der Waals surface area contributed by atoms with Crippen LogP contribution in [0, 0.1) is 0 Å². The lowest BCUT2D eigenvalue weighted by Gasteiger charge is -2.34. The summed E-state index contributed by atoms with van der Waals surface area (Å²) in [6.45, 7) is 3.63. The number of likely N-dealkylation sites (N-methyl/N-ethyl adjacent to an activating group) is 1. The minimum Gasteiger partial charge on any atom is -0.508 e. The lowest BCUT2D eigenvalue weighted by Crippen LogP contribution is -2.42. The van der Waals surface area contributed by atoms with Crippen LogP contribution in [-0.2, 0) is 9.53 Å². The number of ketones is 1. The number of carbonyl (C=O) groups excluding carboxylic acids is 1. The molecule has 2 N–H and O–H groups in total. The number of Topliss-reactive ketones (excluding diaryl/α,β-unsaturated/α-hetero) is 1. The standard InChI is InChI=1S/C21H22N2O4/c1-22-8-10-23(11-9-22)12-17-19(25)7-6-16-20(26)18(13-27-21(16)17)14-2-4-15(24)5-3-14/h2-7,12-13,21,24-25H,8-11H2,1H3/b17-12-. The molecule has 1 unspecified atom stereocenters. The zero-order valence-electron chi connectivity index (χ0n) is 15.1. The normalized spacial score (nSPS) is 24.7. The number of nitrogens with zero attached hydrogens (tertiary/aromatic N) is 2. The maximum absolute atomic E-state index is 13.0. The molecule has 0 amide bonds. The molecule has 2 heterocycles. The Hall–Kier alpha value is -2.99. The average Bonchev–Trinajstić information content (AvgIpc) is 2.67. The number of piperazine rings is 1. The van der Waals surface area contributed by atoms with E-state index < -0.39 is 6.10 Å². The number of fused-ring (bicyclic) bond motifs is 1. The topological polar surface area (TPSA) is 73.2 Å². The molecule has 6 heteroatoms. The Morgan fingerprint density at radius 3 is 2.48 bits per heavy atom. The van der Waals surface area contributed by atoms with E-state index in [1.807, 2.05) is 6.20 Å². The van der Waals surface area contributed by atoms with Crippen LogP contribution in [0.3, 0.4) is 0 Å². The molecule has 27 heavy (non-hydrogen) atoms. The SMILES string of the molecule is CN1CCN(/C=C2/C(O)=CC=C3C(=O)C(c4ccc(O)cc4)=COC32)CC1. The number of aromatic hydroxyl groups is 1. The van der Waals surface area contributed by atoms with Crippen LogP contribution in [0.25, 0.3) is 5.57 Å². The van der Waals surface area contributed by atoms with Crippen LogP contribution in [-0.4, -0.2) is 65.1 Å². The Labute approximate surface area is 158 Å². The Morgan fingerprint density at radius 1 is 1.07 bits per heavy atom. The largest absolute Gasteiger partial charge is 0.508 e. The number of rotatable bonds is 2. The van der Waals surface area contributed by atoms with Gasteiger partial charge in [-0.05, 0) is 36.9 Å². The maximum Gasteiger partial charge on any atom is 0.196 e. The van der Waals surface area contributed by atoms with Crippen molar-refractivity contribution >= 4 is 11.4 Å². The molecule has 6 nitrogen and oxygen atoms in total. The first-order valence-corrected chi connectivity index (χ1v) is 8.98. The van der Waals surface area contributed by atoms with Crippen LogP contribution in [0.1, 0.15) is 5.56 Å². The molecule has 1 fully saturated rings. The second-order valence-corrected chi connectivity index (χ2v) is 7.02. The monoisotopic (exact) mass is 366 g/mol. The number of phenols is 1. The first-order valence-electron chi connectivity index (χ1n) is 8.98. The van der Waals surface area contributed by atoms with E-state index in [0.717, 1.165) is 26.2 Å². The molecule has 0 bridgehead atoms. The molecule has 4 rings (SSSR count). The van der Waals surface area contributed by atoms with Gasteiger partial charge in [0.1, 0.15) is 11.5 Å². The van der Waals surface area contributed by atoms with E-state index >= 15 is 0 Å². The molecular weight excluding hydrogens is 344 g/mol. The quantitative estimate of drug-likeness (QED) is 0.836. The van der Waals surface area contributed by atoms with Crippen molar-refractivity contribution in [3.63, 3.8) is 0 Å². The molecule has 0 radical (unpaired) electrons. The van der Waals surface area contributed by atoms with Crippen molar-refractivity contribution in [3.8, 4) is 5.75 Å². The lowest BCUT2D eigenvalue weighted by atomic mass is 9.86. The second-order valence-electron chi connectivity index (χ2n) is 7.02. The average molecular weight is 366 g/mol. The summed E-state index contributed by atoms with van der Waals surface area (Å²) in [4.78, 5) is 17.4. The van der Waals surface area contributed by atoms with Crippen molar-refractivity contribution < 1.29 is 19.7 Å². The molecule has 1 aromatic carbocycles. The summed E-state index contributed by atoms with van der Waals surface area (Å²) in [6, 6.07) is 6.44. The summed E-state index contributed by atoms with van der Waals surface area (Å²) in [5.74, 6) is 0.130. The van der Waals surface area contributed by atoms with E-state index in [9.17, 15) is 15.0 Å². The molecule has 1 aliphatic carbocycles. The van der Waals surface area contributed by atoms with Crippen molar-refractivity contribution in [3.05, 3.63) is 71.3 Å². The van der Waals surface area contributed by atoms with Crippen LogP contribution in [0.5, 0.6) is 5.75 Å². The molecule has 0 aromatic heterocycles. The summed E-state index contributed by atoms with van der Waals surface area (Å²) in [7, 11) is 2.09. The minimum atomic E-state index is -0.608. The summed E-state index contributed by atoms with van der Waals surface area (Å²) in [5.41, 5.74) is 2.22. The van der Waals surface area contributed by atoms with Crippen molar-refractivity contribution in [1.82, 2.24) is 9.80 Å². The van der Waals surface area contributed by atoms with Gasteiger partial charge < -0.3 is 24.7 Å². The Bertz CT molecular complexity index is 872. The number of aliphatic hydroxyl groups excluding tert-OH is 1. The predicted molar refractivity (Wildman–Crippen MR) is 102 cm³/mol. The van der Waals surface area contributed by atoms with Gasteiger partial charge in [0.2, 0.25) is 0 Å². The molecule has 3 aliphatic rings. The number of carbonyl (C=O) groups is 1. The van der Waals surface area contributed by atoms with Crippen molar-refractivity contribution in [1.29, 1.82) is 0 Å². The van der Waals surface area contributed by atoms with E-state index in [2.05, 4.69) is 16.8 Å². The van der Waals surface area contributed by atoms with Crippen LogP contribution < -0.4 is 0 Å². The lowest BCUT2D eigenvalue weighted by molar-refractivity contribution is -0.112. The number of aliphatic hydroxyl groups is 1. The number of allylic oxidation sites excluding steroid dienone is 3. The van der Waals surface area contributed by atoms with E-state index in [1.165, 1.54) is 18.4 Å². The third-order valence-electron chi connectivity index (χ3n) is 5.15. The highest BCUT2D eigenvalue weighted by atomic mass is 16.5. The van der Waals surface area contributed by atoms with E-state index in [-0.39, 0.29) is 17.3 Å². The fourth-order valence-corrected chi connectivity index (χ4v) is 3.46. The zero-order chi connectivity index (χ0) is 19.0. The summed E-state index contributed by atoms with van der Waals surface area (Å²) in [6.07, 6.45) is 5.92. The van der Waals surface area contributed by atoms with E-state index in [4.69, 9.17) is 4.74 Å².